The maximum absolute atomic E-state index is 12.6. The van der Waals surface area contributed by atoms with Crippen LogP contribution in [0.5, 0.6) is 0 Å². The number of anilines is 1. The van der Waals surface area contributed by atoms with E-state index in [0.29, 0.717) is 23.4 Å². The Morgan fingerprint density at radius 3 is 2.44 bits per heavy atom. The van der Waals surface area contributed by atoms with Crippen LogP contribution in [0.3, 0.4) is 0 Å². The molecule has 0 unspecified atom stereocenters. The molecule has 2 aromatic rings. The van der Waals surface area contributed by atoms with Gasteiger partial charge in [-0.05, 0) is 36.4 Å². The highest BCUT2D eigenvalue weighted by atomic mass is 32.2. The smallest absolute Gasteiger partial charge is 0.350 e. The third-order valence-corrected chi connectivity index (χ3v) is 7.31. The number of piperidine rings is 1. The summed E-state index contributed by atoms with van der Waals surface area (Å²) in [5, 5.41) is 4.47. The number of carbonyl (C=O) groups excluding carboxylic acids is 2. The number of nitrogens with zero attached hydrogens (tertiary/aromatic N) is 1. The molecule has 0 saturated carbocycles. The van der Waals surface area contributed by atoms with E-state index in [9.17, 15) is 18.0 Å². The number of rotatable bonds is 5. The molecule has 9 heteroatoms. The molecule has 1 aliphatic rings. The second-order valence-corrected chi connectivity index (χ2v) is 8.99. The quantitative estimate of drug-likeness (QED) is 0.768. The molecule has 7 nitrogen and oxygen atoms in total. The number of hydrogen-bond donors (Lipinski definition) is 1. The monoisotopic (exact) mass is 408 g/mol. The van der Waals surface area contributed by atoms with Gasteiger partial charge in [0.25, 0.3) is 0 Å². The first-order valence-electron chi connectivity index (χ1n) is 8.45. The Hall–Kier alpha value is -2.23. The highest BCUT2D eigenvalue weighted by Gasteiger charge is 2.32. The molecule has 27 heavy (non-hydrogen) atoms. The molecule has 2 heterocycles. The van der Waals surface area contributed by atoms with E-state index in [4.69, 9.17) is 4.74 Å². The maximum Gasteiger partial charge on any atom is 0.350 e. The number of amides is 1. The van der Waals surface area contributed by atoms with Gasteiger partial charge in [0.1, 0.15) is 4.88 Å². The van der Waals surface area contributed by atoms with Crippen molar-refractivity contribution in [2.45, 2.75) is 17.7 Å². The Morgan fingerprint density at radius 2 is 1.81 bits per heavy atom. The van der Waals surface area contributed by atoms with E-state index in [1.165, 1.54) is 22.8 Å². The summed E-state index contributed by atoms with van der Waals surface area (Å²) in [6.45, 7) is 0.561. The van der Waals surface area contributed by atoms with Crippen LogP contribution in [0.25, 0.3) is 0 Å². The topological polar surface area (TPSA) is 92.8 Å². The summed E-state index contributed by atoms with van der Waals surface area (Å²) in [6, 6.07) is 9.93. The third kappa shape index (κ3) is 4.20. The van der Waals surface area contributed by atoms with Crippen LogP contribution in [0.15, 0.2) is 46.7 Å². The lowest BCUT2D eigenvalue weighted by atomic mass is 9.97. The van der Waals surface area contributed by atoms with Gasteiger partial charge in [-0.25, -0.2) is 13.2 Å². The summed E-state index contributed by atoms with van der Waals surface area (Å²) in [4.78, 5) is 24.8. The normalized spacial score (nSPS) is 16.0. The first kappa shape index (κ1) is 19.5. The molecule has 0 bridgehead atoms. The molecular formula is C18H20N2O5S2. The molecule has 3 rings (SSSR count). The number of hydrogen-bond acceptors (Lipinski definition) is 6. The van der Waals surface area contributed by atoms with Crippen LogP contribution >= 0.6 is 11.3 Å². The summed E-state index contributed by atoms with van der Waals surface area (Å²) in [7, 11) is -2.25. The van der Waals surface area contributed by atoms with Gasteiger partial charge >= 0.3 is 5.97 Å². The van der Waals surface area contributed by atoms with E-state index in [1.54, 1.807) is 41.8 Å². The minimum atomic E-state index is -3.54. The summed E-state index contributed by atoms with van der Waals surface area (Å²) in [5.74, 6) is -1.02. The standard InChI is InChI=1S/C18H20N2O5S2/c1-25-18(22)16-15(9-12-26-16)19-17(21)13-7-10-20(11-8-13)27(23,24)14-5-3-2-4-6-14/h2-6,9,12-13H,7-8,10-11H2,1H3,(H,19,21). The van der Waals surface area contributed by atoms with Crippen molar-refractivity contribution in [2.75, 3.05) is 25.5 Å². The summed E-state index contributed by atoms with van der Waals surface area (Å²) in [5.41, 5.74) is 0.427. The zero-order chi connectivity index (χ0) is 19.4. The molecule has 1 fully saturated rings. The van der Waals surface area contributed by atoms with Gasteiger partial charge in [-0.15, -0.1) is 11.3 Å². The summed E-state index contributed by atoms with van der Waals surface area (Å²) < 4.78 is 31.4. The fourth-order valence-corrected chi connectivity index (χ4v) is 5.25. The van der Waals surface area contributed by atoms with E-state index in [-0.39, 0.29) is 29.8 Å². The second kappa shape index (κ2) is 8.20. The van der Waals surface area contributed by atoms with E-state index in [0.717, 1.165) is 0 Å². The van der Waals surface area contributed by atoms with Crippen molar-refractivity contribution >= 4 is 38.9 Å². The number of ether oxygens (including phenoxy) is 1. The van der Waals surface area contributed by atoms with Crippen LogP contribution in [0, 0.1) is 5.92 Å². The third-order valence-electron chi connectivity index (χ3n) is 4.50. The zero-order valence-electron chi connectivity index (χ0n) is 14.8. The second-order valence-electron chi connectivity index (χ2n) is 6.14. The van der Waals surface area contributed by atoms with Crippen molar-refractivity contribution in [3.63, 3.8) is 0 Å². The number of esters is 1. The molecule has 0 spiro atoms. The number of thiophene rings is 1. The van der Waals surface area contributed by atoms with Gasteiger partial charge in [-0.1, -0.05) is 18.2 Å². The molecule has 1 aliphatic heterocycles. The van der Waals surface area contributed by atoms with Crippen molar-refractivity contribution in [2.24, 2.45) is 5.92 Å². The molecule has 1 amide bonds. The molecular weight excluding hydrogens is 388 g/mol. The number of benzene rings is 1. The molecule has 0 aliphatic carbocycles. The van der Waals surface area contributed by atoms with Crippen molar-refractivity contribution in [1.29, 1.82) is 0 Å². The fraction of sp³-hybridized carbons (Fsp3) is 0.333. The van der Waals surface area contributed by atoms with E-state index < -0.39 is 16.0 Å². The number of sulfonamides is 1. The maximum atomic E-state index is 12.6. The Morgan fingerprint density at radius 1 is 1.15 bits per heavy atom. The molecule has 1 saturated heterocycles. The number of methoxy groups -OCH3 is 1. The number of carbonyl (C=O) groups is 2. The van der Waals surface area contributed by atoms with Gasteiger partial charge in [0.15, 0.2) is 0 Å². The first-order chi connectivity index (χ1) is 12.9. The Labute approximate surface area is 162 Å². The molecule has 144 valence electrons. The highest BCUT2D eigenvalue weighted by molar-refractivity contribution is 7.89. The van der Waals surface area contributed by atoms with Gasteiger partial charge in [-0.2, -0.15) is 4.31 Å². The summed E-state index contributed by atoms with van der Waals surface area (Å²) >= 11 is 1.20. The predicted molar refractivity (Wildman–Crippen MR) is 102 cm³/mol. The van der Waals surface area contributed by atoms with Crippen LogP contribution < -0.4 is 5.32 Å². The number of nitrogens with one attached hydrogen (secondary N) is 1. The van der Waals surface area contributed by atoms with Crippen LogP contribution in [-0.4, -0.2) is 44.8 Å². The van der Waals surface area contributed by atoms with E-state index in [2.05, 4.69) is 5.32 Å². The SMILES string of the molecule is COC(=O)c1sccc1NC(=O)C1CCN(S(=O)(=O)c2ccccc2)CC1. The predicted octanol–water partition coefficient (Wildman–Crippen LogP) is 2.57. The average Bonchev–Trinajstić information content (AvgIpc) is 3.16. The van der Waals surface area contributed by atoms with Gasteiger partial charge in [0.05, 0.1) is 17.7 Å². The van der Waals surface area contributed by atoms with Crippen LogP contribution in [0.2, 0.25) is 0 Å². The Bertz CT molecular complexity index is 916. The molecule has 1 N–H and O–H groups in total. The Balaban J connectivity index is 1.62. The Kier molecular flexibility index (Phi) is 5.93. The largest absolute Gasteiger partial charge is 0.465 e. The summed E-state index contributed by atoms with van der Waals surface area (Å²) in [6.07, 6.45) is 0.852. The van der Waals surface area contributed by atoms with Gasteiger partial charge in [0.2, 0.25) is 15.9 Å². The van der Waals surface area contributed by atoms with Crippen molar-refractivity contribution in [1.82, 2.24) is 4.31 Å². The molecule has 0 radical (unpaired) electrons. The average molecular weight is 409 g/mol. The van der Waals surface area contributed by atoms with E-state index >= 15 is 0 Å². The van der Waals surface area contributed by atoms with Crippen LogP contribution in [0.4, 0.5) is 5.69 Å². The first-order valence-corrected chi connectivity index (χ1v) is 10.8. The van der Waals surface area contributed by atoms with E-state index in [1.807, 2.05) is 0 Å². The van der Waals surface area contributed by atoms with Crippen molar-refractivity contribution in [3.05, 3.63) is 46.7 Å². The van der Waals surface area contributed by atoms with Gasteiger partial charge in [0, 0.05) is 19.0 Å². The molecule has 1 aromatic carbocycles. The molecule has 1 aromatic heterocycles. The highest BCUT2D eigenvalue weighted by Crippen LogP contribution is 2.27. The van der Waals surface area contributed by atoms with Gasteiger partial charge < -0.3 is 10.1 Å². The van der Waals surface area contributed by atoms with Crippen molar-refractivity contribution < 1.29 is 22.7 Å². The fourth-order valence-electron chi connectivity index (χ4n) is 2.99. The minimum absolute atomic E-state index is 0.213. The van der Waals surface area contributed by atoms with Crippen LogP contribution in [-0.2, 0) is 19.6 Å². The lowest BCUT2D eigenvalue weighted by Gasteiger charge is -2.30. The van der Waals surface area contributed by atoms with Crippen molar-refractivity contribution in [3.8, 4) is 0 Å². The molecule has 0 atom stereocenters. The lowest BCUT2D eigenvalue weighted by Crippen LogP contribution is -2.41. The van der Waals surface area contributed by atoms with Gasteiger partial charge in [-0.3, -0.25) is 4.79 Å². The minimum Gasteiger partial charge on any atom is -0.465 e. The zero-order valence-corrected chi connectivity index (χ0v) is 16.4. The lowest BCUT2D eigenvalue weighted by molar-refractivity contribution is -0.120. The van der Waals surface area contributed by atoms with Crippen LogP contribution in [0.1, 0.15) is 22.5 Å².